The van der Waals surface area contributed by atoms with Crippen molar-refractivity contribution >= 4 is 11.8 Å². The van der Waals surface area contributed by atoms with Crippen LogP contribution < -0.4 is 5.32 Å². The van der Waals surface area contributed by atoms with E-state index < -0.39 is 0 Å². The van der Waals surface area contributed by atoms with Gasteiger partial charge in [-0.15, -0.1) is 6.58 Å². The van der Waals surface area contributed by atoms with Gasteiger partial charge in [-0.3, -0.25) is 0 Å². The molecule has 15 heavy (non-hydrogen) atoms. The average Bonchev–Trinajstić information content (AvgIpc) is 2.70. The average molecular weight is 229 g/mol. The van der Waals surface area contributed by atoms with Gasteiger partial charge in [-0.25, -0.2) is 0 Å². The summed E-state index contributed by atoms with van der Waals surface area (Å²) in [6.45, 7) is 8.01. The van der Waals surface area contributed by atoms with E-state index in [4.69, 9.17) is 4.74 Å². The van der Waals surface area contributed by atoms with Crippen molar-refractivity contribution in [2.24, 2.45) is 0 Å². The van der Waals surface area contributed by atoms with Gasteiger partial charge in [0.2, 0.25) is 0 Å². The first-order chi connectivity index (χ1) is 7.33. The van der Waals surface area contributed by atoms with Crippen LogP contribution in [0.2, 0.25) is 0 Å². The molecular formula is C12H23NOS. The zero-order chi connectivity index (χ0) is 10.9. The topological polar surface area (TPSA) is 21.3 Å². The molecule has 0 spiro atoms. The second-order valence-electron chi connectivity index (χ2n) is 4.09. The van der Waals surface area contributed by atoms with Crippen molar-refractivity contribution < 1.29 is 4.74 Å². The normalized spacial score (nSPS) is 22.9. The van der Waals surface area contributed by atoms with E-state index in [-0.39, 0.29) is 0 Å². The van der Waals surface area contributed by atoms with E-state index in [9.17, 15) is 0 Å². The van der Waals surface area contributed by atoms with Gasteiger partial charge in [-0.2, -0.15) is 11.8 Å². The lowest BCUT2D eigenvalue weighted by Gasteiger charge is -2.17. The van der Waals surface area contributed by atoms with Crippen LogP contribution in [0.1, 0.15) is 26.2 Å². The molecule has 1 rings (SSSR count). The molecule has 0 bridgehead atoms. The van der Waals surface area contributed by atoms with Crippen molar-refractivity contribution in [3.8, 4) is 0 Å². The van der Waals surface area contributed by atoms with Gasteiger partial charge in [0, 0.05) is 30.7 Å². The number of rotatable bonds is 8. The molecule has 1 saturated heterocycles. The molecule has 1 N–H and O–H groups in total. The van der Waals surface area contributed by atoms with Gasteiger partial charge in [-0.05, 0) is 26.2 Å². The molecule has 0 aliphatic carbocycles. The van der Waals surface area contributed by atoms with E-state index >= 15 is 0 Å². The Kier molecular flexibility index (Phi) is 7.14. The molecule has 0 saturated carbocycles. The van der Waals surface area contributed by atoms with E-state index in [1.165, 1.54) is 18.6 Å². The molecule has 2 unspecified atom stereocenters. The van der Waals surface area contributed by atoms with E-state index in [1.807, 2.05) is 17.8 Å². The molecule has 0 amide bonds. The Morgan fingerprint density at radius 1 is 1.67 bits per heavy atom. The van der Waals surface area contributed by atoms with Gasteiger partial charge in [0.15, 0.2) is 0 Å². The zero-order valence-corrected chi connectivity index (χ0v) is 10.5. The highest BCUT2D eigenvalue weighted by molar-refractivity contribution is 7.99. The van der Waals surface area contributed by atoms with E-state index in [0.717, 1.165) is 25.3 Å². The highest BCUT2D eigenvalue weighted by Crippen LogP contribution is 2.16. The quantitative estimate of drug-likeness (QED) is 0.510. The number of nitrogens with one attached hydrogen (secondary N) is 1. The molecule has 3 heteroatoms. The minimum atomic E-state index is 0.508. The van der Waals surface area contributed by atoms with Crippen LogP contribution in [0.4, 0.5) is 0 Å². The maximum absolute atomic E-state index is 5.61. The van der Waals surface area contributed by atoms with Crippen molar-refractivity contribution in [3.63, 3.8) is 0 Å². The maximum Gasteiger partial charge on any atom is 0.0590 e. The van der Waals surface area contributed by atoms with Crippen molar-refractivity contribution in [2.75, 3.05) is 24.7 Å². The summed E-state index contributed by atoms with van der Waals surface area (Å²) >= 11 is 1.93. The minimum absolute atomic E-state index is 0.508. The molecule has 0 aromatic rings. The molecule has 1 aliphatic heterocycles. The molecule has 0 radical (unpaired) electrons. The first-order valence-electron chi connectivity index (χ1n) is 5.86. The monoisotopic (exact) mass is 229 g/mol. The van der Waals surface area contributed by atoms with Gasteiger partial charge in [0.05, 0.1) is 6.10 Å². The number of hydrogen-bond acceptors (Lipinski definition) is 3. The summed E-state index contributed by atoms with van der Waals surface area (Å²) in [4.78, 5) is 0. The minimum Gasteiger partial charge on any atom is -0.378 e. The van der Waals surface area contributed by atoms with Crippen LogP contribution >= 0.6 is 11.8 Å². The summed E-state index contributed by atoms with van der Waals surface area (Å²) in [5.74, 6) is 2.23. The predicted octanol–water partition coefficient (Wildman–Crippen LogP) is 2.45. The summed E-state index contributed by atoms with van der Waals surface area (Å²) in [5, 5.41) is 3.53. The third kappa shape index (κ3) is 6.23. The second kappa shape index (κ2) is 8.20. The Hall–Kier alpha value is 0.01000. The Morgan fingerprint density at radius 2 is 2.53 bits per heavy atom. The molecule has 1 heterocycles. The van der Waals surface area contributed by atoms with E-state index in [1.54, 1.807) is 0 Å². The Bertz CT molecular complexity index is 169. The van der Waals surface area contributed by atoms with E-state index in [0.29, 0.717) is 12.1 Å². The Balaban J connectivity index is 1.93. The van der Waals surface area contributed by atoms with Crippen molar-refractivity contribution in [1.29, 1.82) is 0 Å². The van der Waals surface area contributed by atoms with E-state index in [2.05, 4.69) is 18.8 Å². The standard InChI is InChI=1S/C12H23NOS/c1-3-8-15-9-6-13-11(2)10-12-5-4-7-14-12/h3,11-13H,1,4-10H2,2H3. The molecule has 1 fully saturated rings. The molecule has 1 aliphatic rings. The summed E-state index contributed by atoms with van der Waals surface area (Å²) < 4.78 is 5.61. The van der Waals surface area contributed by atoms with Gasteiger partial charge in [0.1, 0.15) is 0 Å². The van der Waals surface area contributed by atoms with Crippen LogP contribution in [0.15, 0.2) is 12.7 Å². The summed E-state index contributed by atoms with van der Waals surface area (Å²) in [7, 11) is 0. The fourth-order valence-corrected chi connectivity index (χ4v) is 2.45. The number of thioether (sulfide) groups is 1. The van der Waals surface area contributed by atoms with Crippen molar-refractivity contribution in [1.82, 2.24) is 5.32 Å². The SMILES string of the molecule is C=CCSCCNC(C)CC1CCCO1. The molecule has 2 nitrogen and oxygen atoms in total. The first kappa shape index (κ1) is 13.1. The summed E-state index contributed by atoms with van der Waals surface area (Å²) in [5.41, 5.74) is 0. The summed E-state index contributed by atoms with van der Waals surface area (Å²) in [6, 6.07) is 0.581. The van der Waals surface area contributed by atoms with Gasteiger partial charge >= 0.3 is 0 Å². The fraction of sp³-hybridized carbons (Fsp3) is 0.833. The van der Waals surface area contributed by atoms with Crippen molar-refractivity contribution in [2.45, 2.75) is 38.3 Å². The van der Waals surface area contributed by atoms with Crippen LogP contribution in [0, 0.1) is 0 Å². The lowest BCUT2D eigenvalue weighted by molar-refractivity contribution is 0.0966. The maximum atomic E-state index is 5.61. The van der Waals surface area contributed by atoms with Gasteiger partial charge in [0.25, 0.3) is 0 Å². The molecule has 88 valence electrons. The highest BCUT2D eigenvalue weighted by atomic mass is 32.2. The fourth-order valence-electron chi connectivity index (χ4n) is 1.85. The second-order valence-corrected chi connectivity index (χ2v) is 5.24. The summed E-state index contributed by atoms with van der Waals surface area (Å²) in [6.07, 6.45) is 6.12. The van der Waals surface area contributed by atoms with Crippen LogP contribution in [0.3, 0.4) is 0 Å². The third-order valence-corrected chi connectivity index (χ3v) is 3.58. The first-order valence-corrected chi connectivity index (χ1v) is 7.02. The zero-order valence-electron chi connectivity index (χ0n) is 9.71. The Labute approximate surface area is 97.8 Å². The lowest BCUT2D eigenvalue weighted by Crippen LogP contribution is -2.31. The number of ether oxygens (including phenoxy) is 1. The van der Waals surface area contributed by atoms with Gasteiger partial charge in [-0.1, -0.05) is 6.08 Å². The third-order valence-electron chi connectivity index (χ3n) is 2.62. The van der Waals surface area contributed by atoms with Crippen LogP contribution in [0.5, 0.6) is 0 Å². The molecule has 0 aromatic carbocycles. The van der Waals surface area contributed by atoms with Crippen LogP contribution in [0.25, 0.3) is 0 Å². The number of hydrogen-bond donors (Lipinski definition) is 1. The lowest BCUT2D eigenvalue weighted by atomic mass is 10.1. The molecular weight excluding hydrogens is 206 g/mol. The molecule has 0 aromatic heterocycles. The van der Waals surface area contributed by atoms with Gasteiger partial charge < -0.3 is 10.1 Å². The van der Waals surface area contributed by atoms with Crippen LogP contribution in [-0.4, -0.2) is 36.8 Å². The van der Waals surface area contributed by atoms with Crippen molar-refractivity contribution in [3.05, 3.63) is 12.7 Å². The highest BCUT2D eigenvalue weighted by Gasteiger charge is 2.17. The smallest absolute Gasteiger partial charge is 0.0590 e. The van der Waals surface area contributed by atoms with Crippen LogP contribution in [-0.2, 0) is 4.74 Å². The predicted molar refractivity (Wildman–Crippen MR) is 68.6 cm³/mol. The largest absolute Gasteiger partial charge is 0.378 e. The Morgan fingerprint density at radius 3 is 3.20 bits per heavy atom. The molecule has 2 atom stereocenters.